The normalized spacial score (nSPS) is 8.20. The maximum Gasteiger partial charge on any atom is 0.246 e. The summed E-state index contributed by atoms with van der Waals surface area (Å²) < 4.78 is 0. The van der Waals surface area contributed by atoms with Crippen LogP contribution in [0.15, 0.2) is 24.3 Å². The highest BCUT2D eigenvalue weighted by molar-refractivity contribution is 5.92. The largest absolute Gasteiger partial charge is 0.366 e. The van der Waals surface area contributed by atoms with E-state index in [4.69, 9.17) is 5.73 Å². The Kier molecular flexibility index (Phi) is 9.52. The van der Waals surface area contributed by atoms with Crippen LogP contribution in [-0.4, -0.2) is 18.4 Å². The molecule has 0 saturated heterocycles. The van der Waals surface area contributed by atoms with Crippen LogP contribution in [0.2, 0.25) is 0 Å². The molecule has 0 aromatic heterocycles. The molecule has 0 aliphatic rings. The van der Waals surface area contributed by atoms with Crippen molar-refractivity contribution in [2.75, 3.05) is 6.54 Å². The fourth-order valence-electron chi connectivity index (χ4n) is 0.389. The average molecular weight is 212 g/mol. The topological polar surface area (TPSA) is 72.2 Å². The second-order valence-corrected chi connectivity index (χ2v) is 3.18. The number of primary amides is 1. The lowest BCUT2D eigenvalue weighted by atomic mass is 10.3. The number of amides is 2. The Morgan fingerprint density at radius 1 is 1.20 bits per heavy atom. The first-order chi connectivity index (χ1) is 6.82. The van der Waals surface area contributed by atoms with Crippen molar-refractivity contribution in [2.24, 2.45) is 5.73 Å². The summed E-state index contributed by atoms with van der Waals surface area (Å²) in [6, 6.07) is 0. The van der Waals surface area contributed by atoms with E-state index in [2.05, 4.69) is 18.5 Å². The standard InChI is InChI=1S/C7H13NO.C4H7NO/c1-4-5-8-7(9)6(2)3;1-3(2)4(5)6/h2,4-5H2,1,3H3,(H,8,9);1H2,2H3,(H2,5,6). The predicted octanol–water partition coefficient (Wildman–Crippen LogP) is 1.14. The van der Waals surface area contributed by atoms with Crippen LogP contribution in [0, 0.1) is 0 Å². The molecule has 3 N–H and O–H groups in total. The lowest BCUT2D eigenvalue weighted by Gasteiger charge is -1.99. The number of hydrogen-bond donors (Lipinski definition) is 2. The third kappa shape index (κ3) is 12.4. The number of carbonyl (C=O) groups excluding carboxylic acids is 2. The van der Waals surface area contributed by atoms with Gasteiger partial charge in [-0.15, -0.1) is 0 Å². The first kappa shape index (κ1) is 15.9. The number of nitrogens with one attached hydrogen (secondary N) is 1. The average Bonchev–Trinajstić information content (AvgIpc) is 2.14. The molecule has 0 spiro atoms. The summed E-state index contributed by atoms with van der Waals surface area (Å²) in [4.78, 5) is 20.5. The van der Waals surface area contributed by atoms with Gasteiger partial charge < -0.3 is 11.1 Å². The number of hydrogen-bond acceptors (Lipinski definition) is 2. The van der Waals surface area contributed by atoms with Crippen molar-refractivity contribution in [3.05, 3.63) is 24.3 Å². The Morgan fingerprint density at radius 3 is 1.80 bits per heavy atom. The van der Waals surface area contributed by atoms with E-state index >= 15 is 0 Å². The van der Waals surface area contributed by atoms with E-state index < -0.39 is 5.91 Å². The van der Waals surface area contributed by atoms with Gasteiger partial charge in [0.2, 0.25) is 11.8 Å². The van der Waals surface area contributed by atoms with Gasteiger partial charge in [0, 0.05) is 17.7 Å². The third-order valence-corrected chi connectivity index (χ3v) is 1.34. The van der Waals surface area contributed by atoms with Gasteiger partial charge in [0.05, 0.1) is 0 Å². The summed E-state index contributed by atoms with van der Waals surface area (Å²) in [5, 5.41) is 2.69. The Bertz CT molecular complexity index is 245. The molecule has 0 rings (SSSR count). The van der Waals surface area contributed by atoms with Gasteiger partial charge in [0.15, 0.2) is 0 Å². The van der Waals surface area contributed by atoms with Gasteiger partial charge >= 0.3 is 0 Å². The smallest absolute Gasteiger partial charge is 0.246 e. The molecule has 0 radical (unpaired) electrons. The monoisotopic (exact) mass is 212 g/mol. The van der Waals surface area contributed by atoms with Crippen molar-refractivity contribution in [3.63, 3.8) is 0 Å². The van der Waals surface area contributed by atoms with E-state index in [0.29, 0.717) is 11.1 Å². The van der Waals surface area contributed by atoms with E-state index in [9.17, 15) is 9.59 Å². The molecule has 0 fully saturated rings. The summed E-state index contributed by atoms with van der Waals surface area (Å²) >= 11 is 0. The lowest BCUT2D eigenvalue weighted by molar-refractivity contribution is -0.117. The lowest BCUT2D eigenvalue weighted by Crippen LogP contribution is -2.24. The molecular weight excluding hydrogens is 192 g/mol. The van der Waals surface area contributed by atoms with Crippen LogP contribution in [0.25, 0.3) is 0 Å². The Hall–Kier alpha value is -1.58. The van der Waals surface area contributed by atoms with Crippen molar-refractivity contribution in [2.45, 2.75) is 27.2 Å². The molecule has 4 nitrogen and oxygen atoms in total. The van der Waals surface area contributed by atoms with Gasteiger partial charge in [-0.25, -0.2) is 0 Å². The highest BCUT2D eigenvalue weighted by atomic mass is 16.2. The fourth-order valence-corrected chi connectivity index (χ4v) is 0.389. The highest BCUT2D eigenvalue weighted by Crippen LogP contribution is 1.84. The van der Waals surface area contributed by atoms with E-state index in [1.54, 1.807) is 13.8 Å². The van der Waals surface area contributed by atoms with Gasteiger partial charge in [-0.2, -0.15) is 0 Å². The first-order valence-electron chi connectivity index (χ1n) is 4.71. The van der Waals surface area contributed by atoms with Crippen LogP contribution >= 0.6 is 0 Å². The minimum Gasteiger partial charge on any atom is -0.366 e. The van der Waals surface area contributed by atoms with Crippen molar-refractivity contribution < 1.29 is 9.59 Å². The molecule has 86 valence electrons. The van der Waals surface area contributed by atoms with Crippen molar-refractivity contribution in [1.29, 1.82) is 0 Å². The number of rotatable bonds is 4. The summed E-state index contributed by atoms with van der Waals surface area (Å²) in [6.07, 6.45) is 0.971. The summed E-state index contributed by atoms with van der Waals surface area (Å²) in [6.45, 7) is 12.8. The molecule has 0 aliphatic carbocycles. The van der Waals surface area contributed by atoms with Gasteiger partial charge in [0.25, 0.3) is 0 Å². The van der Waals surface area contributed by atoms with Crippen molar-refractivity contribution >= 4 is 11.8 Å². The second-order valence-electron chi connectivity index (χ2n) is 3.18. The van der Waals surface area contributed by atoms with Gasteiger partial charge in [-0.1, -0.05) is 20.1 Å². The number of carbonyl (C=O) groups is 2. The number of nitrogens with two attached hydrogens (primary N) is 1. The van der Waals surface area contributed by atoms with Gasteiger partial charge in [-0.3, -0.25) is 9.59 Å². The summed E-state index contributed by atoms with van der Waals surface area (Å²) in [7, 11) is 0. The van der Waals surface area contributed by atoms with Crippen LogP contribution in [0.4, 0.5) is 0 Å². The molecule has 0 aliphatic heterocycles. The molecule has 0 aromatic carbocycles. The second kappa shape index (κ2) is 8.99. The maximum atomic E-state index is 10.7. The molecule has 2 amide bonds. The molecule has 0 unspecified atom stereocenters. The molecule has 0 atom stereocenters. The minimum atomic E-state index is -0.435. The maximum absolute atomic E-state index is 10.7. The molecule has 0 saturated carbocycles. The quantitative estimate of drug-likeness (QED) is 0.686. The molecular formula is C11H20N2O2. The third-order valence-electron chi connectivity index (χ3n) is 1.34. The zero-order valence-corrected chi connectivity index (χ0v) is 9.72. The molecule has 0 heterocycles. The Labute approximate surface area is 91.2 Å². The van der Waals surface area contributed by atoms with Crippen molar-refractivity contribution in [3.8, 4) is 0 Å². The van der Waals surface area contributed by atoms with Crippen LogP contribution in [0.5, 0.6) is 0 Å². The van der Waals surface area contributed by atoms with Crippen LogP contribution < -0.4 is 11.1 Å². The Morgan fingerprint density at radius 2 is 1.60 bits per heavy atom. The zero-order valence-electron chi connectivity index (χ0n) is 9.72. The van der Waals surface area contributed by atoms with E-state index in [0.717, 1.165) is 13.0 Å². The fraction of sp³-hybridized carbons (Fsp3) is 0.455. The minimum absolute atomic E-state index is 0.0446. The van der Waals surface area contributed by atoms with E-state index in [1.165, 1.54) is 0 Å². The Balaban J connectivity index is 0. The zero-order chi connectivity index (χ0) is 12.4. The van der Waals surface area contributed by atoms with Crippen LogP contribution in [0.1, 0.15) is 27.2 Å². The van der Waals surface area contributed by atoms with E-state index in [1.807, 2.05) is 6.92 Å². The first-order valence-corrected chi connectivity index (χ1v) is 4.71. The van der Waals surface area contributed by atoms with Crippen LogP contribution in [-0.2, 0) is 9.59 Å². The predicted molar refractivity (Wildman–Crippen MR) is 62.1 cm³/mol. The van der Waals surface area contributed by atoms with Crippen LogP contribution in [0.3, 0.4) is 0 Å². The van der Waals surface area contributed by atoms with E-state index in [-0.39, 0.29) is 5.91 Å². The molecule has 4 heteroatoms. The molecule has 0 aromatic rings. The highest BCUT2D eigenvalue weighted by Gasteiger charge is 1.96. The molecule has 0 bridgehead atoms. The SMILES string of the molecule is C=C(C)C(=O)NCCC.C=C(C)C(N)=O. The van der Waals surface area contributed by atoms with Gasteiger partial charge in [0.1, 0.15) is 0 Å². The molecule has 15 heavy (non-hydrogen) atoms. The van der Waals surface area contributed by atoms with Crippen molar-refractivity contribution in [1.82, 2.24) is 5.32 Å². The summed E-state index contributed by atoms with van der Waals surface area (Å²) in [5.74, 6) is -0.480. The van der Waals surface area contributed by atoms with Gasteiger partial charge in [-0.05, 0) is 20.3 Å². The summed E-state index contributed by atoms with van der Waals surface area (Å²) in [5.41, 5.74) is 5.67.